The maximum absolute atomic E-state index is 11.8. The van der Waals surface area contributed by atoms with Crippen molar-refractivity contribution >= 4 is 28.3 Å². The van der Waals surface area contributed by atoms with Crippen molar-refractivity contribution in [1.82, 2.24) is 0 Å². The molecule has 1 rings (SSSR count). The number of rotatable bonds is 3. The third-order valence-electron chi connectivity index (χ3n) is 2.12. The molecule has 0 aromatic rings. The van der Waals surface area contributed by atoms with Crippen LogP contribution in [0, 0.1) is 5.92 Å². The molecular weight excluding hydrogens is 196 g/mol. The second-order valence-electron chi connectivity index (χ2n) is 3.60. The van der Waals surface area contributed by atoms with Crippen molar-refractivity contribution in [2.24, 2.45) is 15.9 Å². The maximum atomic E-state index is 11.8. The minimum Gasteiger partial charge on any atom is -0.292 e. The van der Waals surface area contributed by atoms with Crippen LogP contribution in [0.25, 0.3) is 0 Å². The maximum Gasteiger partial charge on any atom is 0.181 e. The topological polar surface area (TPSA) is 41.8 Å². The second-order valence-corrected chi connectivity index (χ2v) is 4.82. The Hall–Kier alpha value is -0.640. The summed E-state index contributed by atoms with van der Waals surface area (Å²) < 4.78 is 0. The summed E-state index contributed by atoms with van der Waals surface area (Å²) in [4.78, 5) is 20.2. The van der Waals surface area contributed by atoms with E-state index in [4.69, 9.17) is 0 Å². The molecule has 4 heteroatoms. The highest BCUT2D eigenvalue weighted by Gasteiger charge is 2.27. The lowest BCUT2D eigenvalue weighted by Gasteiger charge is -2.10. The average molecular weight is 212 g/mol. The molecule has 1 aliphatic heterocycles. The van der Waals surface area contributed by atoms with Crippen LogP contribution in [0.15, 0.2) is 9.98 Å². The molecule has 3 nitrogen and oxygen atoms in total. The van der Waals surface area contributed by atoms with Crippen LogP contribution >= 0.6 is 11.8 Å². The molecule has 1 aliphatic rings. The summed E-state index contributed by atoms with van der Waals surface area (Å²) in [6.07, 6.45) is 0. The van der Waals surface area contributed by atoms with Gasteiger partial charge in [0.25, 0.3) is 0 Å². The largest absolute Gasteiger partial charge is 0.292 e. The van der Waals surface area contributed by atoms with Crippen LogP contribution in [-0.2, 0) is 4.79 Å². The van der Waals surface area contributed by atoms with Gasteiger partial charge in [-0.05, 0) is 6.92 Å². The van der Waals surface area contributed by atoms with Crippen molar-refractivity contribution in [3.05, 3.63) is 0 Å². The summed E-state index contributed by atoms with van der Waals surface area (Å²) in [5, 5.41) is 1.05. The van der Waals surface area contributed by atoms with Crippen LogP contribution < -0.4 is 0 Å². The van der Waals surface area contributed by atoms with Crippen LogP contribution in [0.1, 0.15) is 20.8 Å². The molecule has 0 bridgehead atoms. The van der Waals surface area contributed by atoms with E-state index < -0.39 is 0 Å². The Morgan fingerprint density at radius 2 is 2.29 bits per heavy atom. The predicted octanol–water partition coefficient (Wildman–Crippen LogP) is 1.82. The standard InChI is InChI=1S/C10H16N2OS/c1-6(2)10(13)9(11-4)8-5-14-7(3)12-8/h6,8H,5H2,1-4H3/b11-9-. The summed E-state index contributed by atoms with van der Waals surface area (Å²) in [6.45, 7) is 5.76. The van der Waals surface area contributed by atoms with Crippen LogP contribution in [0.4, 0.5) is 0 Å². The Balaban J connectivity index is 2.79. The van der Waals surface area contributed by atoms with E-state index in [1.54, 1.807) is 18.8 Å². The molecule has 0 spiro atoms. The minimum atomic E-state index is -0.0140. The Labute approximate surface area is 89.1 Å². The highest BCUT2D eigenvalue weighted by Crippen LogP contribution is 2.19. The molecule has 0 fully saturated rings. The number of carbonyl (C=O) groups excluding carboxylic acids is 1. The number of ketones is 1. The van der Waals surface area contributed by atoms with E-state index in [1.165, 1.54) is 0 Å². The van der Waals surface area contributed by atoms with Crippen molar-refractivity contribution in [2.45, 2.75) is 26.8 Å². The molecule has 1 unspecified atom stereocenters. The van der Waals surface area contributed by atoms with Crippen molar-refractivity contribution in [3.8, 4) is 0 Å². The molecule has 0 aromatic carbocycles. The fourth-order valence-electron chi connectivity index (χ4n) is 1.35. The quantitative estimate of drug-likeness (QED) is 0.670. The van der Waals surface area contributed by atoms with Gasteiger partial charge in [-0.3, -0.25) is 14.8 Å². The van der Waals surface area contributed by atoms with Gasteiger partial charge in [0.2, 0.25) is 0 Å². The van der Waals surface area contributed by atoms with Crippen LogP contribution in [0.2, 0.25) is 0 Å². The molecule has 0 aromatic heterocycles. The third-order valence-corrected chi connectivity index (χ3v) is 3.13. The molecule has 0 saturated carbocycles. The zero-order valence-corrected chi connectivity index (χ0v) is 9.89. The zero-order valence-electron chi connectivity index (χ0n) is 9.07. The fourth-order valence-corrected chi connectivity index (χ4v) is 2.19. The van der Waals surface area contributed by atoms with Crippen molar-refractivity contribution in [1.29, 1.82) is 0 Å². The normalized spacial score (nSPS) is 22.8. The molecule has 0 amide bonds. The van der Waals surface area contributed by atoms with Crippen molar-refractivity contribution in [2.75, 3.05) is 12.8 Å². The molecule has 1 atom stereocenters. The first-order valence-electron chi connectivity index (χ1n) is 4.74. The van der Waals surface area contributed by atoms with Gasteiger partial charge in [-0.15, -0.1) is 11.8 Å². The average Bonchev–Trinajstić information content (AvgIpc) is 2.53. The first-order chi connectivity index (χ1) is 6.56. The molecular formula is C10H16N2OS. The molecule has 0 N–H and O–H groups in total. The van der Waals surface area contributed by atoms with E-state index >= 15 is 0 Å². The monoisotopic (exact) mass is 212 g/mol. The Kier molecular flexibility index (Phi) is 3.86. The summed E-state index contributed by atoms with van der Waals surface area (Å²) in [6, 6.07) is -0.0140. The van der Waals surface area contributed by atoms with Gasteiger partial charge in [0.05, 0.1) is 5.04 Å². The molecule has 78 valence electrons. The number of hydrogen-bond donors (Lipinski definition) is 0. The van der Waals surface area contributed by atoms with E-state index in [9.17, 15) is 4.79 Å². The minimum absolute atomic E-state index is 0.00908. The van der Waals surface area contributed by atoms with Crippen molar-refractivity contribution in [3.63, 3.8) is 0 Å². The molecule has 0 saturated heterocycles. The smallest absolute Gasteiger partial charge is 0.181 e. The van der Waals surface area contributed by atoms with Gasteiger partial charge in [0.15, 0.2) is 5.78 Å². The van der Waals surface area contributed by atoms with E-state index in [2.05, 4.69) is 9.98 Å². The lowest BCUT2D eigenvalue weighted by molar-refractivity contribution is -0.115. The predicted molar refractivity (Wildman–Crippen MR) is 62.6 cm³/mol. The molecule has 0 aliphatic carbocycles. The Morgan fingerprint density at radius 1 is 1.64 bits per heavy atom. The third kappa shape index (κ3) is 2.44. The fraction of sp³-hybridized carbons (Fsp3) is 0.700. The second kappa shape index (κ2) is 4.73. The first-order valence-corrected chi connectivity index (χ1v) is 5.73. The summed E-state index contributed by atoms with van der Waals surface area (Å²) in [7, 11) is 1.67. The number of nitrogens with zero attached hydrogens (tertiary/aromatic N) is 2. The van der Waals surface area contributed by atoms with Gasteiger partial charge in [-0.25, -0.2) is 0 Å². The zero-order chi connectivity index (χ0) is 10.7. The Morgan fingerprint density at radius 3 is 2.64 bits per heavy atom. The van der Waals surface area contributed by atoms with E-state index in [1.807, 2.05) is 20.8 Å². The lowest BCUT2D eigenvalue weighted by atomic mass is 10.0. The van der Waals surface area contributed by atoms with Gasteiger partial charge in [0, 0.05) is 18.7 Å². The SMILES string of the molecule is C/N=C(\C(=O)C(C)C)C1CSC(C)=N1. The van der Waals surface area contributed by atoms with E-state index in [-0.39, 0.29) is 17.7 Å². The number of hydrogen-bond acceptors (Lipinski definition) is 4. The summed E-state index contributed by atoms with van der Waals surface area (Å²) in [5.74, 6) is 0.989. The molecule has 14 heavy (non-hydrogen) atoms. The van der Waals surface area contributed by atoms with Gasteiger partial charge in [-0.1, -0.05) is 13.8 Å². The first kappa shape index (κ1) is 11.4. The number of carbonyl (C=O) groups is 1. The van der Waals surface area contributed by atoms with Crippen LogP contribution in [-0.4, -0.2) is 35.4 Å². The highest BCUT2D eigenvalue weighted by molar-refractivity contribution is 8.14. The number of aliphatic imine (C=N–C) groups is 2. The number of thioether (sulfide) groups is 1. The van der Waals surface area contributed by atoms with Gasteiger partial charge in [-0.2, -0.15) is 0 Å². The van der Waals surface area contributed by atoms with Gasteiger partial charge >= 0.3 is 0 Å². The van der Waals surface area contributed by atoms with Crippen LogP contribution in [0.3, 0.4) is 0 Å². The number of Topliss-reactive ketones (excluding diaryl/α,β-unsaturated/α-hetero) is 1. The van der Waals surface area contributed by atoms with Crippen molar-refractivity contribution < 1.29 is 4.79 Å². The summed E-state index contributed by atoms with van der Waals surface area (Å²) in [5.41, 5.74) is 0.629. The molecule has 0 radical (unpaired) electrons. The molecule has 1 heterocycles. The van der Waals surface area contributed by atoms with Crippen LogP contribution in [0.5, 0.6) is 0 Å². The highest BCUT2D eigenvalue weighted by atomic mass is 32.2. The lowest BCUT2D eigenvalue weighted by Crippen LogP contribution is -2.30. The van der Waals surface area contributed by atoms with E-state index in [0.717, 1.165) is 10.8 Å². The summed E-state index contributed by atoms with van der Waals surface area (Å²) >= 11 is 1.70. The van der Waals surface area contributed by atoms with Gasteiger partial charge < -0.3 is 0 Å². The van der Waals surface area contributed by atoms with Gasteiger partial charge in [0.1, 0.15) is 11.8 Å². The van der Waals surface area contributed by atoms with E-state index in [0.29, 0.717) is 5.71 Å². The Bertz CT molecular complexity index is 294.